The normalized spacial score (nSPS) is 11.8. The van der Waals surface area contributed by atoms with Crippen molar-refractivity contribution in [3.8, 4) is 17.2 Å². The Morgan fingerprint density at radius 2 is 1.62 bits per heavy atom. The second-order valence-corrected chi connectivity index (χ2v) is 9.86. The van der Waals surface area contributed by atoms with Crippen molar-refractivity contribution in [3.05, 3.63) is 129 Å². The van der Waals surface area contributed by atoms with Gasteiger partial charge in [-0.3, -0.25) is 19.0 Å². The summed E-state index contributed by atoms with van der Waals surface area (Å²) >= 11 is 0. The summed E-state index contributed by atoms with van der Waals surface area (Å²) in [5, 5.41) is 5.83. The van der Waals surface area contributed by atoms with E-state index in [1.165, 1.54) is 22.8 Å². The molecule has 10 nitrogen and oxygen atoms in total. The molecule has 0 fully saturated rings. The number of ether oxygens (including phenoxy) is 2. The molecule has 0 radical (unpaired) electrons. The second kappa shape index (κ2) is 11.1. The van der Waals surface area contributed by atoms with E-state index in [0.29, 0.717) is 22.9 Å². The molecule has 0 bridgehead atoms. The number of anilines is 1. The Bertz CT molecular complexity index is 1950. The maximum Gasteiger partial charge on any atom is 0.336 e. The Labute approximate surface area is 239 Å². The van der Waals surface area contributed by atoms with E-state index in [0.717, 1.165) is 15.7 Å². The number of aromatic nitrogens is 2. The minimum absolute atomic E-state index is 0.152. The van der Waals surface area contributed by atoms with E-state index in [4.69, 9.17) is 9.47 Å². The van der Waals surface area contributed by atoms with Gasteiger partial charge in [-0.15, -0.1) is 0 Å². The molecule has 210 valence electrons. The van der Waals surface area contributed by atoms with Crippen LogP contribution in [0, 0.1) is 6.92 Å². The summed E-state index contributed by atoms with van der Waals surface area (Å²) in [7, 11) is 0. The SMILES string of the molecule is Cc1ccc(NC(=O)Cn2c(=O)n(-c3ccccc3)c(=O)c3ccc(C(=O)NCc4ccc5c(c4)OCO5)cc32)cc1. The first-order chi connectivity index (χ1) is 20.4. The summed E-state index contributed by atoms with van der Waals surface area (Å²) in [5.74, 6) is 0.378. The van der Waals surface area contributed by atoms with E-state index in [9.17, 15) is 19.2 Å². The van der Waals surface area contributed by atoms with E-state index in [1.54, 1.807) is 54.6 Å². The van der Waals surface area contributed by atoms with Gasteiger partial charge in [-0.1, -0.05) is 42.0 Å². The topological polar surface area (TPSA) is 121 Å². The van der Waals surface area contributed by atoms with Crippen molar-refractivity contribution in [2.75, 3.05) is 12.1 Å². The molecule has 5 aromatic rings. The second-order valence-electron chi connectivity index (χ2n) is 9.86. The van der Waals surface area contributed by atoms with Crippen molar-refractivity contribution in [3.63, 3.8) is 0 Å². The predicted octanol–water partition coefficient (Wildman–Crippen LogP) is 3.76. The van der Waals surface area contributed by atoms with Gasteiger partial charge >= 0.3 is 5.69 Å². The first-order valence-corrected chi connectivity index (χ1v) is 13.3. The molecular weight excluding hydrogens is 536 g/mol. The number of carbonyl (C=O) groups excluding carboxylic acids is 2. The Morgan fingerprint density at radius 1 is 0.857 bits per heavy atom. The molecular formula is C32H26N4O6. The maximum atomic E-state index is 13.7. The Morgan fingerprint density at radius 3 is 2.40 bits per heavy atom. The van der Waals surface area contributed by atoms with Crippen LogP contribution in [0.2, 0.25) is 0 Å². The molecule has 1 aliphatic rings. The quantitative estimate of drug-likeness (QED) is 0.312. The highest BCUT2D eigenvalue weighted by Crippen LogP contribution is 2.32. The minimum Gasteiger partial charge on any atom is -0.454 e. The third-order valence-electron chi connectivity index (χ3n) is 6.95. The van der Waals surface area contributed by atoms with Gasteiger partial charge in [-0.2, -0.15) is 0 Å². The van der Waals surface area contributed by atoms with Gasteiger partial charge in [0.1, 0.15) is 6.54 Å². The molecule has 0 saturated carbocycles. The molecule has 0 aliphatic carbocycles. The van der Waals surface area contributed by atoms with Gasteiger partial charge in [0.05, 0.1) is 16.6 Å². The van der Waals surface area contributed by atoms with E-state index in [2.05, 4.69) is 10.6 Å². The number of carbonyl (C=O) groups is 2. The molecule has 42 heavy (non-hydrogen) atoms. The van der Waals surface area contributed by atoms with Crippen LogP contribution in [0.25, 0.3) is 16.6 Å². The summed E-state index contributed by atoms with van der Waals surface area (Å²) in [5.41, 5.74) is 1.94. The number of rotatable bonds is 7. The lowest BCUT2D eigenvalue weighted by molar-refractivity contribution is -0.116. The summed E-state index contributed by atoms with van der Waals surface area (Å²) in [6.45, 7) is 1.93. The fraction of sp³-hybridized carbons (Fsp3) is 0.125. The third-order valence-corrected chi connectivity index (χ3v) is 6.95. The Balaban J connectivity index is 1.35. The van der Waals surface area contributed by atoms with Crippen molar-refractivity contribution < 1.29 is 19.1 Å². The molecule has 2 amide bonds. The van der Waals surface area contributed by atoms with Gasteiger partial charge in [-0.25, -0.2) is 9.36 Å². The zero-order chi connectivity index (χ0) is 29.2. The van der Waals surface area contributed by atoms with Crippen molar-refractivity contribution in [1.29, 1.82) is 0 Å². The smallest absolute Gasteiger partial charge is 0.336 e. The number of benzene rings is 4. The van der Waals surface area contributed by atoms with E-state index in [-0.39, 0.29) is 36.3 Å². The van der Waals surface area contributed by atoms with Gasteiger partial charge < -0.3 is 20.1 Å². The van der Waals surface area contributed by atoms with Gasteiger partial charge in [-0.05, 0) is 67.1 Å². The average Bonchev–Trinajstić information content (AvgIpc) is 3.48. The van der Waals surface area contributed by atoms with Crippen molar-refractivity contribution in [2.45, 2.75) is 20.0 Å². The fourth-order valence-corrected chi connectivity index (χ4v) is 4.78. The number of nitrogens with one attached hydrogen (secondary N) is 2. The van der Waals surface area contributed by atoms with Crippen LogP contribution in [0.5, 0.6) is 11.5 Å². The number of hydrogen-bond donors (Lipinski definition) is 2. The van der Waals surface area contributed by atoms with Crippen LogP contribution in [0.15, 0.2) is 101 Å². The monoisotopic (exact) mass is 562 g/mol. The van der Waals surface area contributed by atoms with Crippen LogP contribution in [0.1, 0.15) is 21.5 Å². The molecule has 1 aliphatic heterocycles. The largest absolute Gasteiger partial charge is 0.454 e. The Hall–Kier alpha value is -5.64. The number of hydrogen-bond acceptors (Lipinski definition) is 6. The number of nitrogens with zero attached hydrogens (tertiary/aromatic N) is 2. The zero-order valence-corrected chi connectivity index (χ0v) is 22.6. The van der Waals surface area contributed by atoms with Gasteiger partial charge in [0, 0.05) is 17.8 Å². The summed E-state index contributed by atoms with van der Waals surface area (Å²) in [4.78, 5) is 53.5. The first-order valence-electron chi connectivity index (χ1n) is 13.3. The molecule has 4 aromatic carbocycles. The highest BCUT2D eigenvalue weighted by atomic mass is 16.7. The molecule has 0 unspecified atom stereocenters. The van der Waals surface area contributed by atoms with Crippen molar-refractivity contribution >= 4 is 28.4 Å². The number of fused-ring (bicyclic) bond motifs is 2. The Kier molecular flexibility index (Phi) is 7.02. The zero-order valence-electron chi connectivity index (χ0n) is 22.6. The molecule has 0 spiro atoms. The van der Waals surface area contributed by atoms with E-state index in [1.807, 2.05) is 25.1 Å². The van der Waals surface area contributed by atoms with Crippen LogP contribution >= 0.6 is 0 Å². The van der Waals surface area contributed by atoms with Crippen LogP contribution in [-0.2, 0) is 17.9 Å². The van der Waals surface area contributed by atoms with Gasteiger partial charge in [0.15, 0.2) is 11.5 Å². The van der Waals surface area contributed by atoms with E-state index >= 15 is 0 Å². The number of aryl methyl sites for hydroxylation is 1. The van der Waals surface area contributed by atoms with Crippen LogP contribution in [0.3, 0.4) is 0 Å². The molecule has 10 heteroatoms. The summed E-state index contributed by atoms with van der Waals surface area (Å²) < 4.78 is 13.0. The fourth-order valence-electron chi connectivity index (χ4n) is 4.78. The lowest BCUT2D eigenvalue weighted by Gasteiger charge is -2.15. The first kappa shape index (κ1) is 26.6. The number of para-hydroxylation sites is 1. The molecule has 1 aromatic heterocycles. The highest BCUT2D eigenvalue weighted by Gasteiger charge is 2.19. The van der Waals surface area contributed by atoms with Gasteiger partial charge in [0.2, 0.25) is 12.7 Å². The van der Waals surface area contributed by atoms with Crippen LogP contribution in [-0.4, -0.2) is 27.7 Å². The number of amides is 2. The summed E-state index contributed by atoms with van der Waals surface area (Å²) in [6, 6.07) is 25.6. The predicted molar refractivity (Wildman–Crippen MR) is 157 cm³/mol. The highest BCUT2D eigenvalue weighted by molar-refractivity contribution is 5.98. The maximum absolute atomic E-state index is 13.7. The molecule has 2 N–H and O–H groups in total. The molecule has 0 atom stereocenters. The van der Waals surface area contributed by atoms with E-state index < -0.39 is 23.1 Å². The molecule has 2 heterocycles. The van der Waals surface area contributed by atoms with Crippen molar-refractivity contribution in [1.82, 2.24) is 14.5 Å². The molecule has 0 saturated heterocycles. The summed E-state index contributed by atoms with van der Waals surface area (Å²) in [6.07, 6.45) is 0. The van der Waals surface area contributed by atoms with Crippen molar-refractivity contribution in [2.24, 2.45) is 0 Å². The third kappa shape index (κ3) is 5.25. The standard InChI is InChI=1S/C32H26N4O6/c1-20-7-11-23(12-8-20)34-29(37)18-35-26-16-22(30(38)33-17-21-9-14-27-28(15-21)42-19-41-27)10-13-25(26)31(39)36(32(35)40)24-5-3-2-4-6-24/h2-16H,17-19H2,1H3,(H,33,38)(H,34,37). The minimum atomic E-state index is -0.698. The van der Waals surface area contributed by atoms with Crippen LogP contribution < -0.4 is 31.4 Å². The lowest BCUT2D eigenvalue weighted by atomic mass is 10.1. The molecule has 6 rings (SSSR count). The van der Waals surface area contributed by atoms with Gasteiger partial charge in [0.25, 0.3) is 11.5 Å². The lowest BCUT2D eigenvalue weighted by Crippen LogP contribution is -2.41. The average molecular weight is 563 g/mol. The van der Waals surface area contributed by atoms with Crippen LogP contribution in [0.4, 0.5) is 5.69 Å².